The fraction of sp³-hybridized carbons (Fsp3) is 0.389. The maximum Gasteiger partial charge on any atom is 0.273 e. The smallest absolute Gasteiger partial charge is 0.273 e. The van der Waals surface area contributed by atoms with Gasteiger partial charge in [-0.3, -0.25) is 4.79 Å². The average molecular weight is 326 g/mol. The van der Waals surface area contributed by atoms with Gasteiger partial charge in [-0.25, -0.2) is 4.68 Å². The summed E-state index contributed by atoms with van der Waals surface area (Å²) in [6, 6.07) is 9.87. The van der Waals surface area contributed by atoms with Gasteiger partial charge in [-0.15, -0.1) is 0 Å². The molecule has 1 atom stereocenters. The molecule has 0 saturated heterocycles. The summed E-state index contributed by atoms with van der Waals surface area (Å²) in [6.45, 7) is 7.65. The highest BCUT2D eigenvalue weighted by Crippen LogP contribution is 2.16. The minimum Gasteiger partial charge on any atom is -0.381 e. The van der Waals surface area contributed by atoms with Gasteiger partial charge in [-0.2, -0.15) is 10.4 Å². The molecule has 2 aromatic rings. The van der Waals surface area contributed by atoms with Crippen LogP contribution in [0.15, 0.2) is 24.3 Å². The van der Waals surface area contributed by atoms with Crippen LogP contribution in [-0.2, 0) is 4.74 Å². The van der Waals surface area contributed by atoms with Crippen LogP contribution in [0.1, 0.15) is 34.2 Å². The molecule has 1 aromatic heterocycles. The lowest BCUT2D eigenvalue weighted by molar-refractivity contribution is 0.0855. The molecule has 0 unspecified atom stereocenters. The number of nitrogens with zero attached hydrogens (tertiary/aromatic N) is 3. The van der Waals surface area contributed by atoms with Crippen molar-refractivity contribution >= 4 is 5.91 Å². The molecule has 126 valence electrons. The predicted molar refractivity (Wildman–Crippen MR) is 91.1 cm³/mol. The fourth-order valence-corrected chi connectivity index (χ4v) is 2.62. The summed E-state index contributed by atoms with van der Waals surface area (Å²) in [5.74, 6) is -0.401. The van der Waals surface area contributed by atoms with Crippen LogP contribution in [0, 0.1) is 32.1 Å². The lowest BCUT2D eigenvalue weighted by Crippen LogP contribution is -2.48. The molecule has 1 heterocycles. The number of amides is 1. The topological polar surface area (TPSA) is 79.9 Å². The number of carbonyl (C=O) groups excluding carboxylic acids is 1. The van der Waals surface area contributed by atoms with Crippen LogP contribution >= 0.6 is 0 Å². The van der Waals surface area contributed by atoms with E-state index in [0.29, 0.717) is 0 Å². The van der Waals surface area contributed by atoms with E-state index in [-0.39, 0.29) is 12.3 Å². The first-order valence-corrected chi connectivity index (χ1v) is 7.66. The number of carbonyl (C=O) groups is 1. The molecule has 0 radical (unpaired) electrons. The van der Waals surface area contributed by atoms with Crippen LogP contribution in [0.4, 0.5) is 0 Å². The van der Waals surface area contributed by atoms with Crippen molar-refractivity contribution in [2.75, 3.05) is 13.7 Å². The van der Waals surface area contributed by atoms with E-state index in [2.05, 4.69) is 22.6 Å². The highest BCUT2D eigenvalue weighted by atomic mass is 16.5. The zero-order valence-electron chi connectivity index (χ0n) is 14.7. The molecule has 24 heavy (non-hydrogen) atoms. The molecule has 0 spiro atoms. The summed E-state index contributed by atoms with van der Waals surface area (Å²) in [7, 11) is 1.49. The SMILES string of the molecule is COC[C@@](C)(C#N)NC(=O)c1cc(C)n(-c2cc(C)cc(C)c2)n1. The zero-order valence-corrected chi connectivity index (χ0v) is 14.7. The Morgan fingerprint density at radius 3 is 2.46 bits per heavy atom. The number of aryl methyl sites for hydroxylation is 3. The summed E-state index contributed by atoms with van der Waals surface area (Å²) in [6.07, 6.45) is 0. The second-order valence-corrected chi connectivity index (χ2v) is 6.26. The number of hydrogen-bond donors (Lipinski definition) is 1. The highest BCUT2D eigenvalue weighted by molar-refractivity contribution is 5.93. The van der Waals surface area contributed by atoms with Crippen molar-refractivity contribution in [1.29, 1.82) is 5.26 Å². The van der Waals surface area contributed by atoms with Gasteiger partial charge in [-0.1, -0.05) is 6.07 Å². The van der Waals surface area contributed by atoms with Gasteiger partial charge in [-0.05, 0) is 57.0 Å². The van der Waals surface area contributed by atoms with Gasteiger partial charge in [0.2, 0.25) is 0 Å². The van der Waals surface area contributed by atoms with Crippen molar-refractivity contribution in [3.63, 3.8) is 0 Å². The van der Waals surface area contributed by atoms with E-state index >= 15 is 0 Å². The van der Waals surface area contributed by atoms with Crippen molar-refractivity contribution < 1.29 is 9.53 Å². The minimum absolute atomic E-state index is 0.103. The van der Waals surface area contributed by atoms with Crippen molar-refractivity contribution in [1.82, 2.24) is 15.1 Å². The second-order valence-electron chi connectivity index (χ2n) is 6.26. The van der Waals surface area contributed by atoms with E-state index in [1.807, 2.05) is 32.9 Å². The summed E-state index contributed by atoms with van der Waals surface area (Å²) in [5.41, 5.74) is 3.18. The van der Waals surface area contributed by atoms with Gasteiger partial charge in [0.05, 0.1) is 18.4 Å². The molecule has 0 aliphatic rings. The Hall–Kier alpha value is -2.65. The molecule has 1 amide bonds. The largest absolute Gasteiger partial charge is 0.381 e. The molecule has 0 bridgehead atoms. The van der Waals surface area contributed by atoms with Gasteiger partial charge >= 0.3 is 0 Å². The Morgan fingerprint density at radius 1 is 1.29 bits per heavy atom. The number of aromatic nitrogens is 2. The Labute approximate surface area is 142 Å². The lowest BCUT2D eigenvalue weighted by Gasteiger charge is -2.21. The van der Waals surface area contributed by atoms with Gasteiger partial charge in [0.15, 0.2) is 5.69 Å². The summed E-state index contributed by atoms with van der Waals surface area (Å²) < 4.78 is 6.73. The maximum absolute atomic E-state index is 12.4. The summed E-state index contributed by atoms with van der Waals surface area (Å²) in [4.78, 5) is 12.4. The highest BCUT2D eigenvalue weighted by Gasteiger charge is 2.28. The monoisotopic (exact) mass is 326 g/mol. The Balaban J connectivity index is 2.31. The Morgan fingerprint density at radius 2 is 1.92 bits per heavy atom. The molecule has 1 N–H and O–H groups in total. The van der Waals surface area contributed by atoms with Crippen LogP contribution in [-0.4, -0.2) is 34.9 Å². The van der Waals surface area contributed by atoms with Crippen LogP contribution in [0.25, 0.3) is 5.69 Å². The van der Waals surface area contributed by atoms with E-state index < -0.39 is 11.4 Å². The molecule has 0 aliphatic carbocycles. The first-order valence-electron chi connectivity index (χ1n) is 7.66. The first-order chi connectivity index (χ1) is 11.3. The number of ether oxygens (including phenoxy) is 1. The molecule has 0 fully saturated rings. The molecule has 6 heteroatoms. The standard InChI is InChI=1S/C18H22N4O2/c1-12-6-13(2)8-15(7-12)22-14(3)9-16(21-22)17(23)20-18(4,10-19)11-24-5/h6-9H,11H2,1-5H3,(H,20,23)/t18-/m1/s1. The molecular weight excluding hydrogens is 304 g/mol. The second kappa shape index (κ2) is 6.85. The van der Waals surface area contributed by atoms with Gasteiger partial charge in [0, 0.05) is 12.8 Å². The van der Waals surface area contributed by atoms with Crippen molar-refractivity contribution in [2.45, 2.75) is 33.2 Å². The van der Waals surface area contributed by atoms with Gasteiger partial charge < -0.3 is 10.1 Å². The number of methoxy groups -OCH3 is 1. The third-order valence-corrected chi connectivity index (χ3v) is 3.64. The average Bonchev–Trinajstić information content (AvgIpc) is 2.88. The van der Waals surface area contributed by atoms with Crippen molar-refractivity contribution in [2.24, 2.45) is 0 Å². The summed E-state index contributed by atoms with van der Waals surface area (Å²) in [5, 5.41) is 16.3. The number of hydrogen-bond acceptors (Lipinski definition) is 4. The third-order valence-electron chi connectivity index (χ3n) is 3.64. The zero-order chi connectivity index (χ0) is 17.9. The fourth-order valence-electron chi connectivity index (χ4n) is 2.62. The Bertz CT molecular complexity index is 784. The molecular formula is C18H22N4O2. The minimum atomic E-state index is -1.09. The molecule has 2 rings (SSSR count). The number of rotatable bonds is 5. The molecule has 6 nitrogen and oxygen atoms in total. The van der Waals surface area contributed by atoms with E-state index in [1.165, 1.54) is 7.11 Å². The van der Waals surface area contributed by atoms with Crippen LogP contribution < -0.4 is 5.32 Å². The number of nitriles is 1. The van der Waals surface area contributed by atoms with Crippen LogP contribution in [0.3, 0.4) is 0 Å². The van der Waals surface area contributed by atoms with E-state index in [0.717, 1.165) is 22.5 Å². The molecule has 0 aliphatic heterocycles. The summed E-state index contributed by atoms with van der Waals surface area (Å²) >= 11 is 0. The normalized spacial score (nSPS) is 13.2. The van der Waals surface area contributed by atoms with Crippen molar-refractivity contribution in [3.8, 4) is 11.8 Å². The number of nitrogens with one attached hydrogen (secondary N) is 1. The molecule has 1 aromatic carbocycles. The lowest BCUT2D eigenvalue weighted by atomic mass is 10.1. The van der Waals surface area contributed by atoms with E-state index in [1.54, 1.807) is 17.7 Å². The number of benzene rings is 1. The first kappa shape index (κ1) is 17.7. The predicted octanol–water partition coefficient (Wildman–Crippen LogP) is 2.46. The third kappa shape index (κ3) is 3.81. The van der Waals surface area contributed by atoms with Crippen LogP contribution in [0.5, 0.6) is 0 Å². The quantitative estimate of drug-likeness (QED) is 0.915. The van der Waals surface area contributed by atoms with Gasteiger partial charge in [0.1, 0.15) is 5.54 Å². The van der Waals surface area contributed by atoms with Crippen LogP contribution in [0.2, 0.25) is 0 Å². The van der Waals surface area contributed by atoms with Crippen molar-refractivity contribution in [3.05, 3.63) is 46.8 Å². The Kier molecular flexibility index (Phi) is 5.05. The van der Waals surface area contributed by atoms with Gasteiger partial charge in [0.25, 0.3) is 5.91 Å². The maximum atomic E-state index is 12.4. The van der Waals surface area contributed by atoms with E-state index in [9.17, 15) is 10.1 Å². The van der Waals surface area contributed by atoms with E-state index in [4.69, 9.17) is 4.74 Å². The molecule has 0 saturated carbocycles.